The number of nitrogens with zero attached hydrogens (tertiary/aromatic N) is 3. The lowest BCUT2D eigenvalue weighted by molar-refractivity contribution is -0.135. The van der Waals surface area contributed by atoms with Gasteiger partial charge < -0.3 is 4.74 Å². The van der Waals surface area contributed by atoms with Crippen molar-refractivity contribution in [3.8, 4) is 0 Å². The van der Waals surface area contributed by atoms with E-state index in [-0.39, 0.29) is 10.8 Å². The topological polar surface area (TPSA) is 83.4 Å². The van der Waals surface area contributed by atoms with Crippen molar-refractivity contribution in [2.75, 3.05) is 31.7 Å². The molecule has 1 amide bonds. The number of thioether (sulfide) groups is 2. The van der Waals surface area contributed by atoms with E-state index >= 15 is 0 Å². The Hall–Kier alpha value is -2.10. The number of rotatable bonds is 5. The van der Waals surface area contributed by atoms with Crippen LogP contribution in [0, 0.1) is 0 Å². The lowest BCUT2D eigenvalue weighted by atomic mass is 10.1. The van der Waals surface area contributed by atoms with E-state index in [1.54, 1.807) is 6.21 Å². The first kappa shape index (κ1) is 19.7. The minimum Gasteiger partial charge on any atom is -0.466 e. The Morgan fingerprint density at radius 3 is 2.96 bits per heavy atom. The number of benzene rings is 1. The van der Waals surface area contributed by atoms with E-state index in [4.69, 9.17) is 0 Å². The first-order valence-corrected chi connectivity index (χ1v) is 10.4. The predicted octanol–water partition coefficient (Wildman–Crippen LogP) is 1.85. The molecule has 2 aliphatic heterocycles. The zero-order valence-electron chi connectivity index (χ0n) is 14.9. The summed E-state index contributed by atoms with van der Waals surface area (Å²) < 4.78 is 4.52. The molecule has 1 N–H and O–H groups in total. The van der Waals surface area contributed by atoms with E-state index in [0.29, 0.717) is 5.17 Å². The minimum atomic E-state index is -0.582. The Kier molecular flexibility index (Phi) is 7.08. The lowest BCUT2D eigenvalue weighted by Crippen LogP contribution is -2.31. The maximum Gasteiger partial charge on any atom is 0.331 e. The predicted molar refractivity (Wildman–Crippen MR) is 110 cm³/mol. The number of carbonyl (C=O) groups is 2. The molecule has 2 saturated heterocycles. The van der Waals surface area contributed by atoms with E-state index in [0.717, 1.165) is 43.0 Å². The molecule has 0 radical (unpaired) electrons. The van der Waals surface area contributed by atoms with Gasteiger partial charge in [-0.15, -0.1) is 5.10 Å². The van der Waals surface area contributed by atoms with Gasteiger partial charge in [-0.3, -0.25) is 15.0 Å². The van der Waals surface area contributed by atoms with Gasteiger partial charge in [-0.05, 0) is 29.0 Å². The second-order valence-corrected chi connectivity index (χ2v) is 8.13. The minimum absolute atomic E-state index is 0.234. The highest BCUT2D eigenvalue weighted by molar-refractivity contribution is 8.18. The summed E-state index contributed by atoms with van der Waals surface area (Å²) in [5, 5.41) is 10.9. The Morgan fingerprint density at radius 2 is 2.19 bits per heavy atom. The molecule has 0 atom stereocenters. The van der Waals surface area contributed by atoms with Crippen LogP contribution in [-0.4, -0.2) is 59.9 Å². The summed E-state index contributed by atoms with van der Waals surface area (Å²) in [6, 6.07) is 8.17. The lowest BCUT2D eigenvalue weighted by Gasteiger charge is -2.26. The summed E-state index contributed by atoms with van der Waals surface area (Å²) in [5.74, 6) is 1.41. The van der Waals surface area contributed by atoms with Crippen molar-refractivity contribution < 1.29 is 14.3 Å². The van der Waals surface area contributed by atoms with E-state index in [1.165, 1.54) is 24.2 Å². The Morgan fingerprint density at radius 1 is 1.37 bits per heavy atom. The van der Waals surface area contributed by atoms with Crippen molar-refractivity contribution in [1.29, 1.82) is 0 Å². The largest absolute Gasteiger partial charge is 0.466 e. The normalized spacial score (nSPS) is 21.1. The molecule has 0 spiro atoms. The first-order chi connectivity index (χ1) is 13.1. The average Bonchev–Trinajstić information content (AvgIpc) is 3.02. The van der Waals surface area contributed by atoms with Gasteiger partial charge in [0, 0.05) is 37.2 Å². The number of carbonyl (C=O) groups excluding carboxylic acids is 2. The molecular weight excluding hydrogens is 384 g/mol. The second kappa shape index (κ2) is 9.72. The monoisotopic (exact) mass is 404 g/mol. The van der Waals surface area contributed by atoms with Gasteiger partial charge in [-0.1, -0.05) is 18.2 Å². The van der Waals surface area contributed by atoms with Crippen LogP contribution in [0.25, 0.3) is 0 Å². The van der Waals surface area contributed by atoms with Crippen LogP contribution in [0.15, 0.2) is 45.4 Å². The number of esters is 1. The van der Waals surface area contributed by atoms with Crippen LogP contribution in [0.3, 0.4) is 0 Å². The van der Waals surface area contributed by atoms with Crippen molar-refractivity contribution >= 4 is 46.8 Å². The molecule has 0 saturated carbocycles. The van der Waals surface area contributed by atoms with E-state index in [9.17, 15) is 9.59 Å². The van der Waals surface area contributed by atoms with Gasteiger partial charge in [0.25, 0.3) is 5.91 Å². The number of hydrogen-bond donors (Lipinski definition) is 1. The van der Waals surface area contributed by atoms with Gasteiger partial charge in [0.05, 0.1) is 18.2 Å². The molecule has 2 heterocycles. The third-order valence-electron chi connectivity index (χ3n) is 3.92. The number of methoxy groups -OCH3 is 1. The molecule has 0 aliphatic carbocycles. The molecule has 9 heteroatoms. The number of amidine groups is 1. The number of nitrogens with one attached hydrogen (secondary N) is 1. The smallest absolute Gasteiger partial charge is 0.331 e. The third kappa shape index (κ3) is 5.95. The molecule has 142 valence electrons. The summed E-state index contributed by atoms with van der Waals surface area (Å²) in [6.07, 6.45) is 2.78. The Labute approximate surface area is 166 Å². The number of ether oxygens (including phenoxy) is 1. The highest BCUT2D eigenvalue weighted by atomic mass is 32.2. The van der Waals surface area contributed by atoms with Crippen molar-refractivity contribution in [3.63, 3.8) is 0 Å². The molecule has 27 heavy (non-hydrogen) atoms. The number of hydrogen-bond acceptors (Lipinski definition) is 8. The molecule has 1 aromatic rings. The molecular formula is C18H20N4O3S2. The third-order valence-corrected chi connectivity index (χ3v) is 5.76. The summed E-state index contributed by atoms with van der Waals surface area (Å²) >= 11 is 3.05. The zero-order chi connectivity index (χ0) is 19.1. The molecule has 3 rings (SSSR count). The van der Waals surface area contributed by atoms with Crippen LogP contribution in [0.4, 0.5) is 0 Å². The second-order valence-electron chi connectivity index (χ2n) is 5.87. The fourth-order valence-electron chi connectivity index (χ4n) is 2.58. The van der Waals surface area contributed by atoms with Gasteiger partial charge in [-0.25, -0.2) is 4.79 Å². The van der Waals surface area contributed by atoms with E-state index in [1.807, 2.05) is 23.9 Å². The van der Waals surface area contributed by atoms with Crippen LogP contribution in [0.1, 0.15) is 11.1 Å². The summed E-state index contributed by atoms with van der Waals surface area (Å²) in [7, 11) is 1.26. The molecule has 0 aromatic heterocycles. The summed E-state index contributed by atoms with van der Waals surface area (Å²) in [6.45, 7) is 3.17. The average molecular weight is 405 g/mol. The van der Waals surface area contributed by atoms with Gasteiger partial charge >= 0.3 is 5.97 Å². The summed E-state index contributed by atoms with van der Waals surface area (Å²) in [5.41, 5.74) is 2.19. The van der Waals surface area contributed by atoms with Crippen molar-refractivity contribution in [3.05, 3.63) is 46.4 Å². The fraction of sp³-hybridized carbons (Fsp3) is 0.333. The van der Waals surface area contributed by atoms with Gasteiger partial charge in [0.1, 0.15) is 0 Å². The first-order valence-electron chi connectivity index (χ1n) is 8.43. The van der Waals surface area contributed by atoms with Crippen LogP contribution < -0.4 is 5.32 Å². The molecule has 1 aromatic carbocycles. The van der Waals surface area contributed by atoms with Crippen LogP contribution in [-0.2, 0) is 20.9 Å². The highest BCUT2D eigenvalue weighted by Crippen LogP contribution is 2.23. The van der Waals surface area contributed by atoms with E-state index in [2.05, 4.69) is 37.3 Å². The highest BCUT2D eigenvalue weighted by Gasteiger charge is 2.25. The molecule has 2 aliphatic rings. The molecule has 0 unspecified atom stereocenters. The van der Waals surface area contributed by atoms with Gasteiger partial charge in [0.15, 0.2) is 5.17 Å². The van der Waals surface area contributed by atoms with Crippen molar-refractivity contribution in [1.82, 2.24) is 10.2 Å². The Bertz CT molecular complexity index is 802. The van der Waals surface area contributed by atoms with Crippen LogP contribution in [0.2, 0.25) is 0 Å². The maximum absolute atomic E-state index is 11.8. The molecule has 7 nitrogen and oxygen atoms in total. The van der Waals surface area contributed by atoms with Gasteiger partial charge in [-0.2, -0.15) is 16.9 Å². The zero-order valence-corrected chi connectivity index (χ0v) is 16.5. The maximum atomic E-state index is 11.8. The fourth-order valence-corrected chi connectivity index (χ4v) is 4.30. The van der Waals surface area contributed by atoms with Crippen LogP contribution >= 0.6 is 23.5 Å². The number of amides is 1. The van der Waals surface area contributed by atoms with Crippen LogP contribution in [0.5, 0.6) is 0 Å². The standard InChI is InChI=1S/C18H20N4O3S2/c1-25-16(23)10-15-17(24)20-18(27-15)21-19-11-13-3-2-4-14(9-13)12-22-5-7-26-8-6-22/h2-4,9-11H,5-8,12H2,1H3,(H,20,21,24)/b15-10+,19-11?. The summed E-state index contributed by atoms with van der Waals surface area (Å²) in [4.78, 5) is 25.7. The Balaban J connectivity index is 1.60. The quantitative estimate of drug-likeness (QED) is 0.349. The van der Waals surface area contributed by atoms with Gasteiger partial charge in [0.2, 0.25) is 0 Å². The molecule has 0 bridgehead atoms. The van der Waals surface area contributed by atoms with Crippen molar-refractivity contribution in [2.45, 2.75) is 6.54 Å². The van der Waals surface area contributed by atoms with Crippen molar-refractivity contribution in [2.24, 2.45) is 10.2 Å². The molecule has 2 fully saturated rings. The SMILES string of the molecule is COC(=O)/C=C1/S/C(=N\N=Cc2cccc(CN3CCSCC3)c2)NC1=O. The van der Waals surface area contributed by atoms with E-state index < -0.39 is 5.97 Å².